The molecule has 1 N–H and O–H groups in total. The van der Waals surface area contributed by atoms with Crippen LogP contribution in [0, 0.1) is 5.41 Å². The van der Waals surface area contributed by atoms with Crippen molar-refractivity contribution in [2.24, 2.45) is 5.41 Å². The first kappa shape index (κ1) is 9.36. The Labute approximate surface area is 78.5 Å². The zero-order valence-electron chi connectivity index (χ0n) is 7.46. The summed E-state index contributed by atoms with van der Waals surface area (Å²) >= 11 is 0. The van der Waals surface area contributed by atoms with Crippen molar-refractivity contribution in [2.75, 3.05) is 6.54 Å². The van der Waals surface area contributed by atoms with E-state index in [1.807, 2.05) is 0 Å². The number of carboxylic acid groups (broad SMARTS) is 1. The highest BCUT2D eigenvalue weighted by Gasteiger charge is 2.83. The van der Waals surface area contributed by atoms with Gasteiger partial charge in [-0.25, -0.2) is 13.6 Å². The van der Waals surface area contributed by atoms with Crippen molar-refractivity contribution in [1.29, 1.82) is 0 Å². The van der Waals surface area contributed by atoms with Gasteiger partial charge in [0.1, 0.15) is 6.04 Å². The lowest BCUT2D eigenvalue weighted by Gasteiger charge is -2.45. The van der Waals surface area contributed by atoms with Crippen LogP contribution in [-0.4, -0.2) is 40.4 Å². The average molecular weight is 205 g/mol. The number of likely N-dealkylation sites (tertiary alicyclic amines) is 1. The maximum absolute atomic E-state index is 12.9. The largest absolute Gasteiger partial charge is 0.480 e. The van der Waals surface area contributed by atoms with Crippen LogP contribution >= 0.6 is 0 Å². The summed E-state index contributed by atoms with van der Waals surface area (Å²) in [4.78, 5) is 22.6. The van der Waals surface area contributed by atoms with Gasteiger partial charge < -0.3 is 10.0 Å². The summed E-state index contributed by atoms with van der Waals surface area (Å²) < 4.78 is 25.8. The van der Waals surface area contributed by atoms with E-state index in [1.165, 1.54) is 6.92 Å². The number of carbonyl (C=O) groups is 2. The van der Waals surface area contributed by atoms with Crippen LogP contribution in [0.4, 0.5) is 8.78 Å². The van der Waals surface area contributed by atoms with Crippen LogP contribution in [0.25, 0.3) is 0 Å². The van der Waals surface area contributed by atoms with Crippen molar-refractivity contribution < 1.29 is 23.5 Å². The zero-order valence-corrected chi connectivity index (χ0v) is 7.46. The van der Waals surface area contributed by atoms with Crippen LogP contribution in [0.2, 0.25) is 0 Å². The maximum atomic E-state index is 12.9. The number of rotatable bonds is 1. The third-order valence-electron chi connectivity index (χ3n) is 3.07. The molecule has 6 heteroatoms. The van der Waals surface area contributed by atoms with Gasteiger partial charge in [0.2, 0.25) is 5.91 Å². The van der Waals surface area contributed by atoms with Crippen LogP contribution in [0.15, 0.2) is 0 Å². The van der Waals surface area contributed by atoms with E-state index in [0.29, 0.717) is 0 Å². The predicted octanol–water partition coefficient (Wildman–Crippen LogP) is 0.327. The second-order valence-electron chi connectivity index (χ2n) is 3.93. The number of hydrogen-bond acceptors (Lipinski definition) is 2. The molecule has 78 valence electrons. The first-order chi connectivity index (χ1) is 6.32. The summed E-state index contributed by atoms with van der Waals surface area (Å²) in [5, 5.41) is 8.73. The van der Waals surface area contributed by atoms with E-state index in [-0.39, 0.29) is 6.54 Å². The van der Waals surface area contributed by atoms with Gasteiger partial charge in [-0.3, -0.25) is 4.79 Å². The topological polar surface area (TPSA) is 57.6 Å². The van der Waals surface area contributed by atoms with Gasteiger partial charge in [-0.1, -0.05) is 0 Å². The van der Waals surface area contributed by atoms with E-state index in [1.54, 1.807) is 0 Å². The van der Waals surface area contributed by atoms with E-state index in [2.05, 4.69) is 0 Å². The molecule has 2 atom stereocenters. The van der Waals surface area contributed by atoms with Gasteiger partial charge in [-0.05, 0) is 0 Å². The molecule has 0 aromatic rings. The highest BCUT2D eigenvalue weighted by Crippen LogP contribution is 2.68. The van der Waals surface area contributed by atoms with Gasteiger partial charge in [0, 0.05) is 19.9 Å². The number of carboxylic acids is 1. The molecular weight excluding hydrogens is 196 g/mol. The summed E-state index contributed by atoms with van der Waals surface area (Å²) in [5.74, 6) is -4.73. The van der Waals surface area contributed by atoms with E-state index in [0.717, 1.165) is 4.90 Å². The highest BCUT2D eigenvalue weighted by atomic mass is 19.3. The number of amides is 1. The van der Waals surface area contributed by atoms with Gasteiger partial charge >= 0.3 is 5.97 Å². The van der Waals surface area contributed by atoms with Crippen molar-refractivity contribution in [3.05, 3.63) is 0 Å². The van der Waals surface area contributed by atoms with Crippen LogP contribution in [0.1, 0.15) is 13.3 Å². The fraction of sp³-hybridized carbons (Fsp3) is 0.750. The van der Waals surface area contributed by atoms with Gasteiger partial charge in [-0.2, -0.15) is 0 Å². The minimum absolute atomic E-state index is 0.133. The van der Waals surface area contributed by atoms with Crippen molar-refractivity contribution in [2.45, 2.75) is 25.3 Å². The fourth-order valence-corrected chi connectivity index (χ4v) is 2.15. The Kier molecular flexibility index (Phi) is 1.50. The molecule has 1 heterocycles. The average Bonchev–Trinajstić information content (AvgIpc) is 2.49. The minimum atomic E-state index is -2.91. The molecule has 1 amide bonds. The molecule has 4 nitrogen and oxygen atoms in total. The first-order valence-electron chi connectivity index (χ1n) is 4.20. The Balaban J connectivity index is 2.21. The first-order valence-corrected chi connectivity index (χ1v) is 4.20. The van der Waals surface area contributed by atoms with Crippen molar-refractivity contribution in [3.8, 4) is 0 Å². The predicted molar refractivity (Wildman–Crippen MR) is 40.8 cm³/mol. The second-order valence-corrected chi connectivity index (χ2v) is 3.93. The fourth-order valence-electron chi connectivity index (χ4n) is 2.15. The molecule has 0 unspecified atom stereocenters. The van der Waals surface area contributed by atoms with Crippen molar-refractivity contribution >= 4 is 11.9 Å². The van der Waals surface area contributed by atoms with Crippen LogP contribution in [-0.2, 0) is 9.59 Å². The van der Waals surface area contributed by atoms with E-state index in [9.17, 15) is 18.4 Å². The lowest BCUT2D eigenvalue weighted by molar-refractivity contribution is -0.171. The van der Waals surface area contributed by atoms with Gasteiger partial charge in [0.25, 0.3) is 5.92 Å². The standard InChI is InChI=1S/C8H9F2NO3/c1-4(12)11-3-7(2-8(7,9)10)5(11)6(13)14/h5H,2-3H2,1H3,(H,13,14)/t5-,7+/m1/s1. The normalized spacial score (nSPS) is 37.9. The van der Waals surface area contributed by atoms with Crippen LogP contribution < -0.4 is 0 Å². The summed E-state index contributed by atoms with van der Waals surface area (Å²) in [6, 6.07) is -1.34. The SMILES string of the molecule is CC(=O)N1C[C@@]2(CC2(F)F)[C@H]1C(=O)O. The molecule has 1 saturated heterocycles. The minimum Gasteiger partial charge on any atom is -0.480 e. The molecule has 0 bridgehead atoms. The molecule has 2 aliphatic rings. The third kappa shape index (κ3) is 0.856. The molecule has 1 saturated carbocycles. The Morgan fingerprint density at radius 2 is 2.00 bits per heavy atom. The van der Waals surface area contributed by atoms with Crippen LogP contribution in [0.5, 0.6) is 0 Å². The molecular formula is C8H9F2NO3. The van der Waals surface area contributed by atoms with E-state index < -0.39 is 35.7 Å². The van der Waals surface area contributed by atoms with Crippen LogP contribution in [0.3, 0.4) is 0 Å². The van der Waals surface area contributed by atoms with Crippen molar-refractivity contribution in [1.82, 2.24) is 4.90 Å². The molecule has 14 heavy (non-hydrogen) atoms. The lowest BCUT2D eigenvalue weighted by Crippen LogP contribution is -2.65. The maximum Gasteiger partial charge on any atom is 0.327 e. The van der Waals surface area contributed by atoms with Gasteiger partial charge in [0.15, 0.2) is 0 Å². The molecule has 0 aromatic heterocycles. The number of hydrogen-bond donors (Lipinski definition) is 1. The molecule has 2 fully saturated rings. The zero-order chi connectivity index (χ0) is 10.7. The number of aliphatic carboxylic acids is 1. The molecule has 0 radical (unpaired) electrons. The summed E-state index contributed by atoms with van der Waals surface area (Å²) in [6.07, 6.45) is -0.416. The number of halogens is 2. The summed E-state index contributed by atoms with van der Waals surface area (Å²) in [7, 11) is 0. The Hall–Kier alpha value is -1.20. The smallest absolute Gasteiger partial charge is 0.327 e. The molecule has 1 aliphatic heterocycles. The quantitative estimate of drug-likeness (QED) is 0.671. The monoisotopic (exact) mass is 205 g/mol. The molecule has 1 spiro atoms. The number of nitrogens with zero attached hydrogens (tertiary/aromatic N) is 1. The third-order valence-corrected chi connectivity index (χ3v) is 3.07. The van der Waals surface area contributed by atoms with E-state index in [4.69, 9.17) is 5.11 Å². The summed E-state index contributed by atoms with van der Waals surface area (Å²) in [6.45, 7) is 1.05. The van der Waals surface area contributed by atoms with E-state index >= 15 is 0 Å². The Morgan fingerprint density at radius 3 is 2.29 bits per heavy atom. The molecule has 1 aliphatic carbocycles. The number of alkyl halides is 2. The van der Waals surface area contributed by atoms with Gasteiger partial charge in [0.05, 0.1) is 5.41 Å². The Bertz CT molecular complexity index is 331. The second kappa shape index (κ2) is 2.24. The van der Waals surface area contributed by atoms with Crippen molar-refractivity contribution in [3.63, 3.8) is 0 Å². The molecule has 0 aromatic carbocycles. The molecule has 2 rings (SSSR count). The Morgan fingerprint density at radius 1 is 1.50 bits per heavy atom. The highest BCUT2D eigenvalue weighted by molar-refractivity contribution is 5.86. The van der Waals surface area contributed by atoms with Gasteiger partial charge in [-0.15, -0.1) is 0 Å². The lowest BCUT2D eigenvalue weighted by atomic mass is 9.84. The summed E-state index contributed by atoms with van der Waals surface area (Å²) in [5.41, 5.74) is -1.47. The number of carbonyl (C=O) groups excluding carboxylic acids is 1.